The predicted molar refractivity (Wildman–Crippen MR) is 82.0 cm³/mol. The number of guanidine groups is 1. The fraction of sp³-hybridized carbons (Fsp3) is 0.417. The Morgan fingerprint density at radius 1 is 1.40 bits per heavy atom. The molecule has 8 heteroatoms. The predicted octanol–water partition coefficient (Wildman–Crippen LogP) is 2.86. The van der Waals surface area contributed by atoms with Gasteiger partial charge in [0.15, 0.2) is 5.96 Å². The van der Waals surface area contributed by atoms with Gasteiger partial charge in [-0.05, 0) is 26.0 Å². The van der Waals surface area contributed by atoms with Crippen LogP contribution in [-0.2, 0) is 6.54 Å². The third-order valence-electron chi connectivity index (χ3n) is 2.14. The normalized spacial score (nSPS) is 11.4. The Morgan fingerprint density at radius 2 is 2.05 bits per heavy atom. The number of aliphatic imine (C=N–C) groups is 1. The number of nitrogens with one attached hydrogen (secondary N) is 1. The van der Waals surface area contributed by atoms with Crippen LogP contribution in [0.3, 0.4) is 0 Å². The molecule has 0 heterocycles. The van der Waals surface area contributed by atoms with Gasteiger partial charge in [-0.2, -0.15) is 8.78 Å². The molecule has 0 unspecified atom stereocenters. The third kappa shape index (κ3) is 6.31. The number of alkyl halides is 2. The molecule has 1 aromatic rings. The van der Waals surface area contributed by atoms with Gasteiger partial charge in [-0.25, -0.2) is 9.38 Å². The molecule has 0 radical (unpaired) electrons. The first-order valence-corrected chi connectivity index (χ1v) is 5.68. The van der Waals surface area contributed by atoms with Gasteiger partial charge in [-0.15, -0.1) is 24.0 Å². The second-order valence-corrected chi connectivity index (χ2v) is 4.10. The highest BCUT2D eigenvalue weighted by atomic mass is 127. The first-order valence-electron chi connectivity index (χ1n) is 5.68. The van der Waals surface area contributed by atoms with Crippen LogP contribution in [0.15, 0.2) is 23.2 Å². The maximum atomic E-state index is 13.6. The molecule has 0 bridgehead atoms. The fourth-order valence-corrected chi connectivity index (χ4v) is 1.40. The number of ether oxygens (including phenoxy) is 1. The largest absolute Gasteiger partial charge is 0.434 e. The summed E-state index contributed by atoms with van der Waals surface area (Å²) in [6.07, 6.45) is 0. The van der Waals surface area contributed by atoms with Crippen LogP contribution in [0.1, 0.15) is 19.4 Å². The van der Waals surface area contributed by atoms with Crippen molar-refractivity contribution < 1.29 is 17.9 Å². The van der Waals surface area contributed by atoms with Gasteiger partial charge in [0.05, 0.1) is 12.1 Å². The number of hydrogen-bond acceptors (Lipinski definition) is 2. The van der Waals surface area contributed by atoms with Gasteiger partial charge in [0.25, 0.3) is 0 Å². The maximum Gasteiger partial charge on any atom is 0.387 e. The molecule has 0 saturated carbocycles. The first-order chi connectivity index (χ1) is 8.90. The average Bonchev–Trinajstić information content (AvgIpc) is 2.26. The minimum Gasteiger partial charge on any atom is -0.434 e. The van der Waals surface area contributed by atoms with Gasteiger partial charge >= 0.3 is 6.61 Å². The molecule has 4 nitrogen and oxygen atoms in total. The van der Waals surface area contributed by atoms with Gasteiger partial charge in [0, 0.05) is 6.04 Å². The highest BCUT2D eigenvalue weighted by molar-refractivity contribution is 14.0. The van der Waals surface area contributed by atoms with Gasteiger partial charge in [0.2, 0.25) is 0 Å². The Hall–Kier alpha value is -1.19. The van der Waals surface area contributed by atoms with Crippen molar-refractivity contribution in [2.75, 3.05) is 0 Å². The van der Waals surface area contributed by atoms with Crippen molar-refractivity contribution in [1.82, 2.24) is 5.32 Å². The summed E-state index contributed by atoms with van der Waals surface area (Å²) < 4.78 is 42.2. The standard InChI is InChI=1S/C12H16F3N3O.HI/c1-7(2)18-12(16)17-6-8-9(13)4-3-5-10(8)19-11(14)15;/h3-5,7,11H,6H2,1-2H3,(H3,16,17,18);1H. The quantitative estimate of drug-likeness (QED) is 0.452. The Balaban J connectivity index is 0.00000361. The average molecular weight is 403 g/mol. The Labute approximate surface area is 132 Å². The molecule has 0 atom stereocenters. The van der Waals surface area contributed by atoms with Gasteiger partial charge in [-0.1, -0.05) is 6.07 Å². The second kappa shape index (κ2) is 8.88. The van der Waals surface area contributed by atoms with Crippen LogP contribution in [0.5, 0.6) is 5.75 Å². The summed E-state index contributed by atoms with van der Waals surface area (Å²) in [5.74, 6) is -0.795. The SMILES string of the molecule is CC(C)NC(N)=NCc1c(F)cccc1OC(F)F.I. The summed E-state index contributed by atoms with van der Waals surface area (Å²) in [7, 11) is 0. The minimum absolute atomic E-state index is 0. The molecule has 0 aromatic heterocycles. The highest BCUT2D eigenvalue weighted by Gasteiger charge is 2.13. The van der Waals surface area contributed by atoms with E-state index in [1.165, 1.54) is 12.1 Å². The zero-order chi connectivity index (χ0) is 14.4. The van der Waals surface area contributed by atoms with Crippen LogP contribution in [-0.4, -0.2) is 18.6 Å². The summed E-state index contributed by atoms with van der Waals surface area (Å²) >= 11 is 0. The molecular weight excluding hydrogens is 386 g/mol. The molecule has 0 spiro atoms. The zero-order valence-corrected chi connectivity index (χ0v) is 13.4. The highest BCUT2D eigenvalue weighted by Crippen LogP contribution is 2.24. The minimum atomic E-state index is -3.02. The molecule has 3 N–H and O–H groups in total. The molecule has 0 aliphatic heterocycles. The Kier molecular flexibility index (Phi) is 8.35. The smallest absolute Gasteiger partial charge is 0.387 e. The molecule has 114 valence electrons. The Bertz CT molecular complexity index is 456. The van der Waals surface area contributed by atoms with Crippen molar-refractivity contribution in [2.45, 2.75) is 33.0 Å². The van der Waals surface area contributed by atoms with E-state index in [4.69, 9.17) is 5.73 Å². The number of nitrogens with zero attached hydrogens (tertiary/aromatic N) is 1. The van der Waals surface area contributed by atoms with E-state index in [0.717, 1.165) is 6.07 Å². The van der Waals surface area contributed by atoms with Gasteiger partial charge < -0.3 is 15.8 Å². The number of benzene rings is 1. The van der Waals surface area contributed by atoms with E-state index in [1.54, 1.807) is 0 Å². The van der Waals surface area contributed by atoms with Crippen molar-refractivity contribution >= 4 is 29.9 Å². The first kappa shape index (κ1) is 18.8. The van der Waals surface area contributed by atoms with Crippen LogP contribution in [0.4, 0.5) is 13.2 Å². The molecule has 0 aliphatic rings. The van der Waals surface area contributed by atoms with Crippen LogP contribution in [0.25, 0.3) is 0 Å². The lowest BCUT2D eigenvalue weighted by Crippen LogP contribution is -2.36. The van der Waals surface area contributed by atoms with E-state index in [2.05, 4.69) is 15.0 Å². The second-order valence-electron chi connectivity index (χ2n) is 4.10. The van der Waals surface area contributed by atoms with Crippen LogP contribution in [0, 0.1) is 5.82 Å². The molecule has 1 rings (SSSR count). The molecule has 0 saturated heterocycles. The molecule has 0 amide bonds. The fourth-order valence-electron chi connectivity index (χ4n) is 1.40. The summed E-state index contributed by atoms with van der Waals surface area (Å²) in [5, 5.41) is 2.81. The van der Waals surface area contributed by atoms with Crippen LogP contribution < -0.4 is 15.8 Å². The lowest BCUT2D eigenvalue weighted by Gasteiger charge is -2.11. The van der Waals surface area contributed by atoms with E-state index in [9.17, 15) is 13.2 Å². The van der Waals surface area contributed by atoms with Crippen molar-refractivity contribution in [3.05, 3.63) is 29.6 Å². The van der Waals surface area contributed by atoms with E-state index < -0.39 is 12.4 Å². The van der Waals surface area contributed by atoms with Crippen LogP contribution >= 0.6 is 24.0 Å². The van der Waals surface area contributed by atoms with Gasteiger partial charge in [0.1, 0.15) is 11.6 Å². The summed E-state index contributed by atoms with van der Waals surface area (Å²) in [6, 6.07) is 3.76. The maximum absolute atomic E-state index is 13.6. The van der Waals surface area contributed by atoms with Gasteiger partial charge in [-0.3, -0.25) is 0 Å². The van der Waals surface area contributed by atoms with E-state index >= 15 is 0 Å². The molecule has 20 heavy (non-hydrogen) atoms. The monoisotopic (exact) mass is 403 g/mol. The number of hydrogen-bond donors (Lipinski definition) is 2. The summed E-state index contributed by atoms with van der Waals surface area (Å²) in [6.45, 7) is 0.518. The van der Waals surface area contributed by atoms with Crippen molar-refractivity contribution in [1.29, 1.82) is 0 Å². The molecule has 0 aliphatic carbocycles. The topological polar surface area (TPSA) is 59.6 Å². The zero-order valence-electron chi connectivity index (χ0n) is 11.1. The molecular formula is C12H17F3IN3O. The molecule has 0 fully saturated rings. The lowest BCUT2D eigenvalue weighted by molar-refractivity contribution is -0.0506. The summed E-state index contributed by atoms with van der Waals surface area (Å²) in [5.41, 5.74) is 5.49. The summed E-state index contributed by atoms with van der Waals surface area (Å²) in [4.78, 5) is 3.88. The number of rotatable bonds is 5. The van der Waals surface area contributed by atoms with Crippen molar-refractivity contribution in [2.24, 2.45) is 10.7 Å². The third-order valence-corrected chi connectivity index (χ3v) is 2.14. The molecule has 1 aromatic carbocycles. The number of nitrogens with two attached hydrogens (primary N) is 1. The van der Waals surface area contributed by atoms with Crippen molar-refractivity contribution in [3.8, 4) is 5.75 Å². The van der Waals surface area contributed by atoms with E-state index in [-0.39, 0.29) is 53.8 Å². The van der Waals surface area contributed by atoms with Crippen molar-refractivity contribution in [3.63, 3.8) is 0 Å². The van der Waals surface area contributed by atoms with E-state index in [0.29, 0.717) is 0 Å². The number of halogens is 4. The Morgan fingerprint density at radius 3 is 2.60 bits per heavy atom. The van der Waals surface area contributed by atoms with E-state index in [1.807, 2.05) is 13.8 Å². The van der Waals surface area contributed by atoms with Crippen LogP contribution in [0.2, 0.25) is 0 Å². The lowest BCUT2D eigenvalue weighted by atomic mass is 10.2.